The highest BCUT2D eigenvalue weighted by Gasteiger charge is 2.25. The van der Waals surface area contributed by atoms with Gasteiger partial charge >= 0.3 is 0 Å². The van der Waals surface area contributed by atoms with E-state index in [-0.39, 0.29) is 5.91 Å². The van der Waals surface area contributed by atoms with E-state index in [0.717, 1.165) is 31.5 Å². The maximum atomic E-state index is 12.4. The largest absolute Gasteiger partial charge is 0.338 e. The summed E-state index contributed by atoms with van der Waals surface area (Å²) in [4.78, 5) is 14.3. The first-order valence-corrected chi connectivity index (χ1v) is 8.42. The SMILES string of the molecule is CN(C(=O)c1cc(Br)ccc1I)C1CCSC1. The van der Waals surface area contributed by atoms with E-state index in [0.29, 0.717) is 6.04 Å². The van der Waals surface area contributed by atoms with Crippen molar-refractivity contribution in [3.05, 3.63) is 31.8 Å². The number of carbonyl (C=O) groups is 1. The van der Waals surface area contributed by atoms with Gasteiger partial charge in [0.05, 0.1) is 5.56 Å². The summed E-state index contributed by atoms with van der Waals surface area (Å²) in [5, 5.41) is 0. The van der Waals surface area contributed by atoms with Crippen LogP contribution in [-0.4, -0.2) is 35.4 Å². The number of rotatable bonds is 2. The molecule has 0 aromatic heterocycles. The van der Waals surface area contributed by atoms with Crippen LogP contribution in [-0.2, 0) is 0 Å². The molecule has 1 unspecified atom stereocenters. The summed E-state index contributed by atoms with van der Waals surface area (Å²) in [5.74, 6) is 2.35. The average molecular weight is 426 g/mol. The zero-order valence-corrected chi connectivity index (χ0v) is 14.0. The van der Waals surface area contributed by atoms with Crippen molar-refractivity contribution in [2.45, 2.75) is 12.5 Å². The molecule has 0 aliphatic carbocycles. The summed E-state index contributed by atoms with van der Waals surface area (Å²) in [6.45, 7) is 0. The molecule has 2 nitrogen and oxygen atoms in total. The normalized spacial score (nSPS) is 19.4. The lowest BCUT2D eigenvalue weighted by Crippen LogP contribution is -2.37. The maximum Gasteiger partial charge on any atom is 0.254 e. The minimum Gasteiger partial charge on any atom is -0.338 e. The number of carbonyl (C=O) groups excluding carboxylic acids is 1. The summed E-state index contributed by atoms with van der Waals surface area (Å²) < 4.78 is 1.96. The molecule has 1 atom stereocenters. The van der Waals surface area contributed by atoms with Crippen LogP contribution in [0.4, 0.5) is 0 Å². The van der Waals surface area contributed by atoms with Crippen LogP contribution >= 0.6 is 50.3 Å². The Morgan fingerprint density at radius 2 is 2.35 bits per heavy atom. The minimum atomic E-state index is 0.128. The molecule has 1 amide bonds. The maximum absolute atomic E-state index is 12.4. The van der Waals surface area contributed by atoms with Gasteiger partial charge < -0.3 is 4.90 Å². The van der Waals surface area contributed by atoms with Gasteiger partial charge in [0.1, 0.15) is 0 Å². The van der Waals surface area contributed by atoms with Gasteiger partial charge in [0.2, 0.25) is 0 Å². The van der Waals surface area contributed by atoms with Crippen molar-refractivity contribution in [2.75, 3.05) is 18.6 Å². The average Bonchev–Trinajstić information content (AvgIpc) is 2.84. The van der Waals surface area contributed by atoms with E-state index in [4.69, 9.17) is 0 Å². The van der Waals surface area contributed by atoms with E-state index < -0.39 is 0 Å². The van der Waals surface area contributed by atoms with Crippen LogP contribution < -0.4 is 0 Å². The van der Waals surface area contributed by atoms with Crippen molar-refractivity contribution >= 4 is 56.2 Å². The van der Waals surface area contributed by atoms with Gasteiger partial charge in [0, 0.05) is 26.9 Å². The summed E-state index contributed by atoms with van der Waals surface area (Å²) >= 11 is 7.56. The Morgan fingerprint density at radius 3 is 3.00 bits per heavy atom. The van der Waals surface area contributed by atoms with Crippen molar-refractivity contribution in [3.63, 3.8) is 0 Å². The van der Waals surface area contributed by atoms with E-state index in [1.807, 2.05) is 41.9 Å². The van der Waals surface area contributed by atoms with Gasteiger partial charge in [-0.05, 0) is 53.0 Å². The molecule has 2 rings (SSSR count). The van der Waals surface area contributed by atoms with Crippen LogP contribution in [0.5, 0.6) is 0 Å². The molecule has 0 N–H and O–H groups in total. The highest BCUT2D eigenvalue weighted by molar-refractivity contribution is 14.1. The summed E-state index contributed by atoms with van der Waals surface area (Å²) in [5.41, 5.74) is 0.791. The van der Waals surface area contributed by atoms with Crippen molar-refractivity contribution in [3.8, 4) is 0 Å². The smallest absolute Gasteiger partial charge is 0.254 e. The van der Waals surface area contributed by atoms with E-state index >= 15 is 0 Å². The molecule has 0 radical (unpaired) electrons. The summed E-state index contributed by atoms with van der Waals surface area (Å²) in [6.07, 6.45) is 1.11. The number of nitrogens with zero attached hydrogens (tertiary/aromatic N) is 1. The highest BCUT2D eigenvalue weighted by atomic mass is 127. The second-order valence-corrected chi connectivity index (χ2v) is 7.29. The lowest BCUT2D eigenvalue weighted by Gasteiger charge is -2.24. The number of hydrogen-bond donors (Lipinski definition) is 0. The van der Waals surface area contributed by atoms with Crippen LogP contribution in [0.25, 0.3) is 0 Å². The predicted octanol–water partition coefficient (Wildman–Crippen LogP) is 3.63. The Balaban J connectivity index is 2.20. The van der Waals surface area contributed by atoms with Gasteiger partial charge in [-0.15, -0.1) is 0 Å². The zero-order valence-electron chi connectivity index (χ0n) is 9.45. The number of halogens is 2. The molecule has 1 aliphatic heterocycles. The fourth-order valence-corrected chi connectivity index (χ4v) is 4.04. The molecule has 0 saturated carbocycles. The number of benzene rings is 1. The monoisotopic (exact) mass is 425 g/mol. The van der Waals surface area contributed by atoms with Gasteiger partial charge in [-0.1, -0.05) is 15.9 Å². The first-order chi connectivity index (χ1) is 8.09. The second-order valence-electron chi connectivity index (χ2n) is 4.06. The van der Waals surface area contributed by atoms with E-state index in [9.17, 15) is 4.79 Å². The first-order valence-electron chi connectivity index (χ1n) is 5.39. The molecule has 1 aliphatic rings. The van der Waals surface area contributed by atoms with Crippen molar-refractivity contribution in [1.82, 2.24) is 4.90 Å². The quantitative estimate of drug-likeness (QED) is 0.674. The Labute approximate surface area is 128 Å². The van der Waals surface area contributed by atoms with Gasteiger partial charge in [-0.2, -0.15) is 11.8 Å². The third-order valence-electron chi connectivity index (χ3n) is 2.93. The number of hydrogen-bond acceptors (Lipinski definition) is 2. The molecule has 5 heteroatoms. The van der Waals surface area contributed by atoms with Crippen LogP contribution in [0.1, 0.15) is 16.8 Å². The molecule has 1 aromatic carbocycles. The topological polar surface area (TPSA) is 20.3 Å². The Hall–Kier alpha value is 0.250. The third-order valence-corrected chi connectivity index (χ3v) is 5.51. The molecule has 1 fully saturated rings. The van der Waals surface area contributed by atoms with Crippen LogP contribution in [0.2, 0.25) is 0 Å². The standard InChI is InChI=1S/C12H13BrINOS/c1-15(9-4-5-17-7-9)12(16)10-6-8(13)2-3-11(10)14/h2-3,6,9H,4-5,7H2,1H3. The van der Waals surface area contributed by atoms with Crippen molar-refractivity contribution < 1.29 is 4.79 Å². The molecule has 0 spiro atoms. The fraction of sp³-hybridized carbons (Fsp3) is 0.417. The predicted molar refractivity (Wildman–Crippen MR) is 84.7 cm³/mol. The van der Waals surface area contributed by atoms with Gasteiger partial charge in [-0.25, -0.2) is 0 Å². The Kier molecular flexibility index (Phi) is 4.77. The van der Waals surface area contributed by atoms with Crippen molar-refractivity contribution in [2.24, 2.45) is 0 Å². The molecule has 1 saturated heterocycles. The fourth-order valence-electron chi connectivity index (χ4n) is 1.84. The second kappa shape index (κ2) is 5.93. The van der Waals surface area contributed by atoms with Crippen LogP contribution in [0.3, 0.4) is 0 Å². The molecular formula is C12H13BrINOS. The van der Waals surface area contributed by atoms with Gasteiger partial charge in [-0.3, -0.25) is 4.79 Å². The van der Waals surface area contributed by atoms with E-state index in [2.05, 4.69) is 38.5 Å². The summed E-state index contributed by atoms with van der Waals surface area (Å²) in [6, 6.07) is 6.23. The molecular weight excluding hydrogens is 413 g/mol. The van der Waals surface area contributed by atoms with Crippen LogP contribution in [0.15, 0.2) is 22.7 Å². The molecule has 1 heterocycles. The van der Waals surface area contributed by atoms with E-state index in [1.54, 1.807) is 0 Å². The molecule has 17 heavy (non-hydrogen) atoms. The Bertz CT molecular complexity index is 435. The van der Waals surface area contributed by atoms with Crippen LogP contribution in [0, 0.1) is 3.57 Å². The third kappa shape index (κ3) is 3.17. The lowest BCUT2D eigenvalue weighted by atomic mass is 10.1. The minimum absolute atomic E-state index is 0.128. The highest BCUT2D eigenvalue weighted by Crippen LogP contribution is 2.25. The van der Waals surface area contributed by atoms with Crippen molar-refractivity contribution in [1.29, 1.82) is 0 Å². The van der Waals surface area contributed by atoms with Gasteiger partial charge in [0.25, 0.3) is 5.91 Å². The first kappa shape index (κ1) is 13.7. The molecule has 0 bridgehead atoms. The molecule has 1 aromatic rings. The van der Waals surface area contributed by atoms with Gasteiger partial charge in [0.15, 0.2) is 0 Å². The number of amides is 1. The lowest BCUT2D eigenvalue weighted by molar-refractivity contribution is 0.0746. The molecule has 92 valence electrons. The summed E-state index contributed by atoms with van der Waals surface area (Å²) in [7, 11) is 1.91. The number of thioether (sulfide) groups is 1. The Morgan fingerprint density at radius 1 is 1.59 bits per heavy atom. The van der Waals surface area contributed by atoms with E-state index in [1.165, 1.54) is 0 Å². The zero-order chi connectivity index (χ0) is 12.4.